The van der Waals surface area contributed by atoms with Gasteiger partial charge in [-0.15, -0.1) is 12.4 Å². The van der Waals surface area contributed by atoms with Crippen LogP contribution in [0.15, 0.2) is 66.7 Å². The fourth-order valence-corrected chi connectivity index (χ4v) is 4.44. The second-order valence-electron chi connectivity index (χ2n) is 9.16. The molecule has 0 bridgehead atoms. The number of aromatic carboxylic acids is 1. The molecular formula is C30H31ClN4O3. The predicted octanol–water partition coefficient (Wildman–Crippen LogP) is 4.69. The maximum Gasteiger partial charge on any atom is 0.335 e. The molecule has 3 aromatic rings. The smallest absolute Gasteiger partial charge is 0.335 e. The Morgan fingerprint density at radius 1 is 1.03 bits per heavy atom. The summed E-state index contributed by atoms with van der Waals surface area (Å²) in [7, 11) is 0. The van der Waals surface area contributed by atoms with E-state index in [0.717, 1.165) is 48.3 Å². The highest BCUT2D eigenvalue weighted by atomic mass is 35.5. The number of nitrogens with zero attached hydrogens (tertiary/aromatic N) is 2. The van der Waals surface area contributed by atoms with E-state index >= 15 is 0 Å². The van der Waals surface area contributed by atoms with Crippen LogP contribution in [-0.2, 0) is 6.54 Å². The number of amides is 1. The highest BCUT2D eigenvalue weighted by Crippen LogP contribution is 2.20. The lowest BCUT2D eigenvalue weighted by molar-refractivity contribution is 0.0696. The lowest BCUT2D eigenvalue weighted by Gasteiger charge is -2.23. The molecule has 1 saturated heterocycles. The maximum atomic E-state index is 12.8. The fraction of sp³-hybridized carbons (Fsp3) is 0.233. The van der Waals surface area contributed by atoms with Crippen LogP contribution in [0, 0.1) is 24.2 Å². The van der Waals surface area contributed by atoms with E-state index in [2.05, 4.69) is 11.8 Å². The van der Waals surface area contributed by atoms with Gasteiger partial charge in [0.1, 0.15) is 5.84 Å². The first-order chi connectivity index (χ1) is 17.8. The summed E-state index contributed by atoms with van der Waals surface area (Å²) in [5.41, 5.74) is 10.6. The molecule has 0 spiro atoms. The number of carbonyl (C=O) groups excluding carboxylic acids is 1. The van der Waals surface area contributed by atoms with E-state index in [0.29, 0.717) is 24.2 Å². The topological polar surface area (TPSA) is 111 Å². The number of carboxylic acids is 1. The van der Waals surface area contributed by atoms with Crippen molar-refractivity contribution in [3.8, 4) is 11.8 Å². The number of nitrogen functional groups attached to an aromatic ring is 1. The van der Waals surface area contributed by atoms with Gasteiger partial charge in [0.15, 0.2) is 0 Å². The third-order valence-corrected chi connectivity index (χ3v) is 6.42. The fourth-order valence-electron chi connectivity index (χ4n) is 4.44. The molecular weight excluding hydrogens is 500 g/mol. The van der Waals surface area contributed by atoms with Gasteiger partial charge in [-0.25, -0.2) is 4.79 Å². The van der Waals surface area contributed by atoms with Crippen LogP contribution >= 0.6 is 12.4 Å². The summed E-state index contributed by atoms with van der Waals surface area (Å²) in [4.78, 5) is 28.1. The highest BCUT2D eigenvalue weighted by molar-refractivity contribution is 5.96. The molecule has 3 aromatic carbocycles. The molecule has 0 aliphatic carbocycles. The molecule has 1 amide bonds. The molecule has 1 aliphatic rings. The highest BCUT2D eigenvalue weighted by Gasteiger charge is 2.20. The Kier molecular flexibility index (Phi) is 9.53. The molecule has 4 N–H and O–H groups in total. The van der Waals surface area contributed by atoms with E-state index in [-0.39, 0.29) is 29.7 Å². The summed E-state index contributed by atoms with van der Waals surface area (Å²) in [5, 5.41) is 17.1. The lowest BCUT2D eigenvalue weighted by atomic mass is 10.0. The van der Waals surface area contributed by atoms with Crippen LogP contribution in [0.1, 0.15) is 55.8 Å². The van der Waals surface area contributed by atoms with Gasteiger partial charge in [0.25, 0.3) is 5.91 Å². The molecule has 0 unspecified atom stereocenters. The number of amidine groups is 1. The van der Waals surface area contributed by atoms with Gasteiger partial charge in [0.2, 0.25) is 0 Å². The Morgan fingerprint density at radius 3 is 2.42 bits per heavy atom. The molecule has 8 heteroatoms. The summed E-state index contributed by atoms with van der Waals surface area (Å²) in [6, 6.07) is 19.8. The monoisotopic (exact) mass is 530 g/mol. The number of nitrogens with two attached hydrogens (primary N) is 1. The number of carboxylic acid groups (broad SMARTS) is 1. The zero-order chi connectivity index (χ0) is 26.4. The van der Waals surface area contributed by atoms with Gasteiger partial charge in [0.05, 0.1) is 12.1 Å². The minimum absolute atomic E-state index is 0. The van der Waals surface area contributed by atoms with Crippen LogP contribution in [0.25, 0.3) is 0 Å². The predicted molar refractivity (Wildman–Crippen MR) is 152 cm³/mol. The zero-order valence-electron chi connectivity index (χ0n) is 21.2. The average molecular weight is 531 g/mol. The lowest BCUT2D eigenvalue weighted by Crippen LogP contribution is -2.28. The van der Waals surface area contributed by atoms with E-state index in [1.54, 1.807) is 24.3 Å². The van der Waals surface area contributed by atoms with Crippen LogP contribution < -0.4 is 10.6 Å². The Morgan fingerprint density at radius 2 is 1.74 bits per heavy atom. The van der Waals surface area contributed by atoms with E-state index in [1.807, 2.05) is 59.2 Å². The summed E-state index contributed by atoms with van der Waals surface area (Å²) >= 11 is 0. The molecule has 1 heterocycles. The van der Waals surface area contributed by atoms with E-state index in [9.17, 15) is 14.7 Å². The van der Waals surface area contributed by atoms with Gasteiger partial charge < -0.3 is 20.6 Å². The number of aryl methyl sites for hydroxylation is 1. The quantitative estimate of drug-likeness (QED) is 0.233. The maximum absolute atomic E-state index is 12.8. The van der Waals surface area contributed by atoms with Gasteiger partial charge in [-0.2, -0.15) is 0 Å². The number of benzene rings is 3. The Bertz CT molecular complexity index is 1400. The normalized spacial score (nSPS) is 12.2. The van der Waals surface area contributed by atoms with E-state index < -0.39 is 5.97 Å². The minimum Gasteiger partial charge on any atom is -0.478 e. The number of hydrogen-bond acceptors (Lipinski definition) is 4. The van der Waals surface area contributed by atoms with Gasteiger partial charge in [0, 0.05) is 42.0 Å². The van der Waals surface area contributed by atoms with Crippen molar-refractivity contribution in [3.63, 3.8) is 0 Å². The van der Waals surface area contributed by atoms with Crippen LogP contribution in [0.4, 0.5) is 5.69 Å². The number of hydrogen-bond donors (Lipinski definition) is 3. The van der Waals surface area contributed by atoms with Crippen molar-refractivity contribution in [2.24, 2.45) is 5.73 Å². The molecule has 0 aromatic heterocycles. The van der Waals surface area contributed by atoms with Crippen LogP contribution in [0.2, 0.25) is 0 Å². The molecule has 38 heavy (non-hydrogen) atoms. The largest absolute Gasteiger partial charge is 0.478 e. The second-order valence-corrected chi connectivity index (χ2v) is 9.16. The van der Waals surface area contributed by atoms with Crippen molar-refractivity contribution in [3.05, 3.63) is 100 Å². The first-order valence-corrected chi connectivity index (χ1v) is 12.2. The average Bonchev–Trinajstić information content (AvgIpc) is 3.43. The Balaban J connectivity index is 0.00000400. The standard InChI is InChI=1S/C30H30N4O3.ClH/c1-21-17-22(12-13-27(21)29(35)33-14-2-3-15-33)8-6-16-34(26-11-5-9-24(19-26)28(31)32)20-23-7-4-10-25(18-23)30(36)37;/h4-5,7,9-13,17-19H,2-3,14-16,20H2,1H3,(H3,31,32)(H,36,37);1H. The van der Waals surface area contributed by atoms with Crippen molar-refractivity contribution in [2.45, 2.75) is 26.3 Å². The van der Waals surface area contributed by atoms with Crippen molar-refractivity contribution >= 4 is 35.8 Å². The number of carbonyl (C=O) groups is 2. The zero-order valence-corrected chi connectivity index (χ0v) is 22.1. The summed E-state index contributed by atoms with van der Waals surface area (Å²) in [6.45, 7) is 4.36. The summed E-state index contributed by atoms with van der Waals surface area (Å²) < 4.78 is 0. The van der Waals surface area contributed by atoms with Gasteiger partial charge in [-0.3, -0.25) is 10.2 Å². The molecule has 1 aliphatic heterocycles. The Hall–Kier alpha value is -4.28. The molecule has 0 saturated carbocycles. The van der Waals surface area contributed by atoms with Gasteiger partial charge in [-0.05, 0) is 73.4 Å². The SMILES string of the molecule is Cc1cc(C#CCN(Cc2cccc(C(=O)O)c2)c2cccc(C(=N)N)c2)ccc1C(=O)N1CCCC1.Cl. The van der Waals surface area contributed by atoms with Gasteiger partial charge in [-0.1, -0.05) is 36.1 Å². The molecule has 7 nitrogen and oxygen atoms in total. The van der Waals surface area contributed by atoms with Crippen molar-refractivity contribution < 1.29 is 14.7 Å². The number of nitrogens with one attached hydrogen (secondary N) is 1. The van der Waals surface area contributed by atoms with Crippen LogP contribution in [0.3, 0.4) is 0 Å². The van der Waals surface area contributed by atoms with E-state index in [1.165, 1.54) is 0 Å². The Labute approximate surface area is 229 Å². The minimum atomic E-state index is -0.978. The second kappa shape index (κ2) is 12.8. The summed E-state index contributed by atoms with van der Waals surface area (Å²) in [6.07, 6.45) is 2.11. The van der Waals surface area contributed by atoms with Crippen LogP contribution in [0.5, 0.6) is 0 Å². The van der Waals surface area contributed by atoms with Crippen LogP contribution in [-0.4, -0.2) is 47.4 Å². The first-order valence-electron chi connectivity index (χ1n) is 12.2. The molecule has 4 rings (SSSR count). The molecule has 1 fully saturated rings. The van der Waals surface area contributed by atoms with Crippen molar-refractivity contribution in [2.75, 3.05) is 24.5 Å². The molecule has 0 radical (unpaired) electrons. The third kappa shape index (κ3) is 6.93. The molecule has 196 valence electrons. The van der Waals surface area contributed by atoms with Crippen molar-refractivity contribution in [1.29, 1.82) is 5.41 Å². The number of rotatable bonds is 7. The first kappa shape index (κ1) is 28.3. The third-order valence-electron chi connectivity index (χ3n) is 6.42. The number of likely N-dealkylation sites (tertiary alicyclic amines) is 1. The van der Waals surface area contributed by atoms with Gasteiger partial charge >= 0.3 is 5.97 Å². The van der Waals surface area contributed by atoms with E-state index in [4.69, 9.17) is 11.1 Å². The summed E-state index contributed by atoms with van der Waals surface area (Å²) in [5.74, 6) is 5.49. The number of anilines is 1. The molecule has 0 atom stereocenters. The van der Waals surface area contributed by atoms with Crippen molar-refractivity contribution in [1.82, 2.24) is 4.90 Å². The number of halogens is 1.